The van der Waals surface area contributed by atoms with Gasteiger partial charge in [-0.05, 0) is 35.6 Å². The van der Waals surface area contributed by atoms with E-state index in [2.05, 4.69) is 11.9 Å². The number of benzene rings is 3. The molecule has 1 aliphatic heterocycles. The molecule has 0 unspecified atom stereocenters. The minimum atomic E-state index is -5.22. The summed E-state index contributed by atoms with van der Waals surface area (Å²) in [7, 11) is 0. The number of anilines is 1. The number of halogens is 3. The van der Waals surface area contributed by atoms with Crippen LogP contribution in [-0.2, 0) is 27.2 Å². The van der Waals surface area contributed by atoms with Crippen LogP contribution in [0.2, 0.25) is 0 Å². The number of fused-ring (bicyclic) bond motifs is 1. The van der Waals surface area contributed by atoms with Gasteiger partial charge >= 0.3 is 12.1 Å². The summed E-state index contributed by atoms with van der Waals surface area (Å²) in [6.45, 7) is 4.20. The fourth-order valence-corrected chi connectivity index (χ4v) is 4.85. The van der Waals surface area contributed by atoms with Gasteiger partial charge in [-0.25, -0.2) is 0 Å². The van der Waals surface area contributed by atoms with Crippen molar-refractivity contribution in [3.63, 3.8) is 0 Å². The van der Waals surface area contributed by atoms with Crippen molar-refractivity contribution >= 4 is 29.2 Å². The van der Waals surface area contributed by atoms with E-state index in [9.17, 15) is 32.3 Å². The molecule has 7 nitrogen and oxygen atoms in total. The summed E-state index contributed by atoms with van der Waals surface area (Å²) in [6.07, 6.45) is -4.36. The topological polar surface area (TPSA) is 95.6 Å². The Bertz CT molecular complexity index is 1460. The monoisotopic (exact) mass is 577 g/mol. The Hall–Kier alpha value is -4.73. The molecule has 10 heteroatoms. The Kier molecular flexibility index (Phi) is 9.57. The number of hydrogen-bond donors (Lipinski definition) is 2. The van der Waals surface area contributed by atoms with Crippen LogP contribution in [0, 0.1) is 0 Å². The zero-order chi connectivity index (χ0) is 30.3. The summed E-state index contributed by atoms with van der Waals surface area (Å²) in [5.41, 5.74) is 2.45. The van der Waals surface area contributed by atoms with Crippen molar-refractivity contribution in [3.05, 3.63) is 114 Å². The highest BCUT2D eigenvalue weighted by Gasteiger charge is 2.41. The second-order valence-corrected chi connectivity index (χ2v) is 10.00. The van der Waals surface area contributed by atoms with E-state index in [1.807, 2.05) is 12.1 Å². The molecular formula is C32H30F3N3O4. The molecule has 0 fully saturated rings. The Morgan fingerprint density at radius 1 is 0.833 bits per heavy atom. The number of carbonyl (C=O) groups is 4. The summed E-state index contributed by atoms with van der Waals surface area (Å²) < 4.78 is 39.5. The van der Waals surface area contributed by atoms with E-state index in [4.69, 9.17) is 0 Å². The van der Waals surface area contributed by atoms with Crippen molar-refractivity contribution in [2.45, 2.75) is 43.9 Å². The number of alkyl halides is 3. The van der Waals surface area contributed by atoms with E-state index in [0.29, 0.717) is 29.8 Å². The van der Waals surface area contributed by atoms with Gasteiger partial charge in [-0.1, -0.05) is 85.4 Å². The van der Waals surface area contributed by atoms with E-state index >= 15 is 0 Å². The molecule has 1 aliphatic rings. The lowest BCUT2D eigenvalue weighted by Gasteiger charge is -2.33. The minimum absolute atomic E-state index is 0.0316. The summed E-state index contributed by atoms with van der Waals surface area (Å²) in [5, 5.41) is 4.29. The normalized spacial score (nSPS) is 14.2. The number of carbonyl (C=O) groups excluding carboxylic acids is 4. The van der Waals surface area contributed by atoms with Gasteiger partial charge in [-0.3, -0.25) is 19.2 Å². The van der Waals surface area contributed by atoms with Crippen LogP contribution in [0.3, 0.4) is 0 Å². The van der Waals surface area contributed by atoms with Crippen molar-refractivity contribution in [1.82, 2.24) is 10.6 Å². The Balaban J connectivity index is 1.63. The maximum atomic E-state index is 13.9. The summed E-state index contributed by atoms with van der Waals surface area (Å²) in [6, 6.07) is 20.8. The molecule has 1 heterocycles. The lowest BCUT2D eigenvalue weighted by Crippen LogP contribution is -2.57. The highest BCUT2D eigenvalue weighted by molar-refractivity contribution is 6.09. The molecule has 2 atom stereocenters. The molecule has 0 bridgehead atoms. The molecule has 2 N–H and O–H groups in total. The molecule has 4 rings (SSSR count). The van der Waals surface area contributed by atoms with Crippen molar-refractivity contribution in [1.29, 1.82) is 0 Å². The predicted molar refractivity (Wildman–Crippen MR) is 152 cm³/mol. The number of hydrogen-bond acceptors (Lipinski definition) is 4. The summed E-state index contributed by atoms with van der Waals surface area (Å²) >= 11 is 0. The van der Waals surface area contributed by atoms with Crippen LogP contribution in [0.25, 0.3) is 0 Å². The van der Waals surface area contributed by atoms with Crippen LogP contribution in [-0.4, -0.2) is 48.3 Å². The first-order chi connectivity index (χ1) is 20.0. The number of nitrogens with zero attached hydrogens (tertiary/aromatic N) is 1. The van der Waals surface area contributed by atoms with Crippen molar-refractivity contribution < 1.29 is 32.3 Å². The molecule has 218 valence electrons. The molecule has 42 heavy (non-hydrogen) atoms. The SMILES string of the molecule is C=C(C[C@H](NC(=O)[C@H](Cc1ccccc1)NC(=O)C(F)(F)F)C(=O)N1CCCc2ccccc21)C(=O)c1ccccc1. The maximum absolute atomic E-state index is 13.9. The molecule has 0 radical (unpaired) electrons. The van der Waals surface area contributed by atoms with Crippen LogP contribution >= 0.6 is 0 Å². The van der Waals surface area contributed by atoms with Gasteiger partial charge in [0.25, 0.3) is 0 Å². The molecule has 0 spiro atoms. The first-order valence-electron chi connectivity index (χ1n) is 13.4. The number of ketones is 1. The first kappa shape index (κ1) is 30.2. The van der Waals surface area contributed by atoms with Crippen LogP contribution in [0.15, 0.2) is 97.1 Å². The minimum Gasteiger partial charge on any atom is -0.342 e. The second-order valence-electron chi connectivity index (χ2n) is 10.00. The van der Waals surface area contributed by atoms with E-state index in [1.165, 1.54) is 4.90 Å². The number of Topliss-reactive ketones (excluding diaryl/α,β-unsaturated/α-hetero) is 1. The van der Waals surface area contributed by atoms with Gasteiger partial charge in [0.2, 0.25) is 11.8 Å². The number of aryl methyl sites for hydroxylation is 1. The molecule has 0 saturated heterocycles. The fraction of sp³-hybridized carbons (Fsp3) is 0.250. The lowest BCUT2D eigenvalue weighted by molar-refractivity contribution is -0.174. The Morgan fingerprint density at radius 2 is 1.45 bits per heavy atom. The predicted octanol–water partition coefficient (Wildman–Crippen LogP) is 4.57. The highest BCUT2D eigenvalue weighted by Crippen LogP contribution is 2.28. The number of rotatable bonds is 10. The van der Waals surface area contributed by atoms with Gasteiger partial charge in [0.05, 0.1) is 0 Å². The zero-order valence-corrected chi connectivity index (χ0v) is 22.7. The third-order valence-corrected chi connectivity index (χ3v) is 6.96. The standard InChI is InChI=1S/C32H30F3N3O4/c1-21(28(39)24-14-6-3-7-15-24)19-26(30(41)38-18-10-16-23-13-8-9-17-27(23)38)36-29(40)25(37-31(42)32(33,34)35)20-22-11-4-2-5-12-22/h2-9,11-15,17,25-26H,1,10,16,18-20H2,(H,36,40)(H,37,42)/t25-,26-/m0/s1. The Morgan fingerprint density at radius 3 is 2.12 bits per heavy atom. The molecule has 0 aromatic heterocycles. The average Bonchev–Trinajstić information content (AvgIpc) is 2.99. The number of para-hydroxylation sites is 1. The molecule has 3 aromatic rings. The number of nitrogens with one attached hydrogen (secondary N) is 2. The van der Waals surface area contributed by atoms with Gasteiger partial charge in [0.15, 0.2) is 5.78 Å². The average molecular weight is 578 g/mol. The smallest absolute Gasteiger partial charge is 0.342 e. The highest BCUT2D eigenvalue weighted by atomic mass is 19.4. The van der Waals surface area contributed by atoms with Crippen LogP contribution in [0.4, 0.5) is 18.9 Å². The number of amides is 3. The second kappa shape index (κ2) is 13.3. The lowest BCUT2D eigenvalue weighted by atomic mass is 9.95. The maximum Gasteiger partial charge on any atom is 0.471 e. The summed E-state index contributed by atoms with van der Waals surface area (Å²) in [4.78, 5) is 53.9. The van der Waals surface area contributed by atoms with Crippen LogP contribution < -0.4 is 15.5 Å². The van der Waals surface area contributed by atoms with Gasteiger partial charge in [0.1, 0.15) is 12.1 Å². The summed E-state index contributed by atoms with van der Waals surface area (Å²) in [5.74, 6) is -4.26. The molecule has 0 aliphatic carbocycles. The van der Waals surface area contributed by atoms with E-state index in [0.717, 1.165) is 12.0 Å². The van der Waals surface area contributed by atoms with Gasteiger partial charge in [0, 0.05) is 30.6 Å². The third-order valence-electron chi connectivity index (χ3n) is 6.96. The van der Waals surface area contributed by atoms with E-state index < -0.39 is 41.8 Å². The van der Waals surface area contributed by atoms with Gasteiger partial charge in [-0.15, -0.1) is 0 Å². The first-order valence-corrected chi connectivity index (χ1v) is 13.4. The van der Waals surface area contributed by atoms with Gasteiger partial charge < -0.3 is 15.5 Å². The van der Waals surface area contributed by atoms with Crippen LogP contribution in [0.1, 0.15) is 34.3 Å². The van der Waals surface area contributed by atoms with E-state index in [1.54, 1.807) is 78.1 Å². The van der Waals surface area contributed by atoms with Crippen molar-refractivity contribution in [2.24, 2.45) is 0 Å². The largest absolute Gasteiger partial charge is 0.471 e. The van der Waals surface area contributed by atoms with E-state index in [-0.39, 0.29) is 18.4 Å². The zero-order valence-electron chi connectivity index (χ0n) is 22.7. The molecule has 0 saturated carbocycles. The molecule has 3 amide bonds. The van der Waals surface area contributed by atoms with Crippen molar-refractivity contribution in [3.8, 4) is 0 Å². The molecule has 3 aromatic carbocycles. The van der Waals surface area contributed by atoms with Gasteiger partial charge in [-0.2, -0.15) is 13.2 Å². The fourth-order valence-electron chi connectivity index (χ4n) is 4.85. The quantitative estimate of drug-likeness (QED) is 0.273. The van der Waals surface area contributed by atoms with Crippen molar-refractivity contribution in [2.75, 3.05) is 11.4 Å². The van der Waals surface area contributed by atoms with Crippen LogP contribution in [0.5, 0.6) is 0 Å². The Labute approximate surface area is 241 Å². The molecular weight excluding hydrogens is 547 g/mol. The third kappa shape index (κ3) is 7.51.